The second kappa shape index (κ2) is 10.0. The lowest BCUT2D eigenvalue weighted by Crippen LogP contribution is -2.43. The Morgan fingerprint density at radius 2 is 1.81 bits per heavy atom. The monoisotopic (exact) mass is 375 g/mol. The number of rotatable bonds is 8. The van der Waals surface area contributed by atoms with E-state index in [-0.39, 0.29) is 18.7 Å². The molecule has 1 aromatic carbocycles. The zero-order valence-corrected chi connectivity index (χ0v) is 15.7. The summed E-state index contributed by atoms with van der Waals surface area (Å²) in [7, 11) is 0. The van der Waals surface area contributed by atoms with Crippen LogP contribution in [0.2, 0.25) is 0 Å². The van der Waals surface area contributed by atoms with E-state index in [4.69, 9.17) is 9.47 Å². The first-order chi connectivity index (χ1) is 13.2. The Balaban J connectivity index is 1.23. The van der Waals surface area contributed by atoms with Gasteiger partial charge < -0.3 is 25.4 Å². The standard InChI is InChI=1S/C20H29N3O4/c24-19(7-4-11-22-20(25)23-16-5-2-1-3-6-16)21-12-10-15-8-9-17-18(13-15)27-14-26-17/h8-9,13,16H,1-7,10-12,14H2,(H,21,24)(H2,22,23,25). The Bertz CT molecular complexity index is 644. The Hall–Kier alpha value is -2.44. The van der Waals surface area contributed by atoms with Gasteiger partial charge in [-0.1, -0.05) is 25.3 Å². The number of urea groups is 1. The van der Waals surface area contributed by atoms with Crippen LogP contribution in [0.5, 0.6) is 11.5 Å². The molecule has 1 heterocycles. The topological polar surface area (TPSA) is 88.7 Å². The van der Waals surface area contributed by atoms with Crippen LogP contribution in [0.4, 0.5) is 4.79 Å². The van der Waals surface area contributed by atoms with Gasteiger partial charge in [0, 0.05) is 25.6 Å². The molecule has 3 rings (SSSR count). The van der Waals surface area contributed by atoms with E-state index in [0.717, 1.165) is 36.3 Å². The average Bonchev–Trinajstić information content (AvgIpc) is 3.14. The molecule has 7 heteroatoms. The summed E-state index contributed by atoms with van der Waals surface area (Å²) >= 11 is 0. The third-order valence-electron chi connectivity index (χ3n) is 4.98. The van der Waals surface area contributed by atoms with E-state index in [1.165, 1.54) is 19.3 Å². The molecule has 2 aliphatic rings. The van der Waals surface area contributed by atoms with Crippen LogP contribution in [0.15, 0.2) is 18.2 Å². The van der Waals surface area contributed by atoms with Gasteiger partial charge in [0.25, 0.3) is 0 Å². The molecule has 148 valence electrons. The second-order valence-electron chi connectivity index (χ2n) is 7.13. The number of carbonyl (C=O) groups is 2. The Morgan fingerprint density at radius 3 is 2.67 bits per heavy atom. The Kier molecular flexibility index (Phi) is 7.19. The lowest BCUT2D eigenvalue weighted by molar-refractivity contribution is -0.121. The van der Waals surface area contributed by atoms with Crippen molar-refractivity contribution in [1.82, 2.24) is 16.0 Å². The molecule has 27 heavy (non-hydrogen) atoms. The fourth-order valence-electron chi connectivity index (χ4n) is 3.47. The molecule has 1 fully saturated rings. The lowest BCUT2D eigenvalue weighted by Gasteiger charge is -2.22. The number of nitrogens with one attached hydrogen (secondary N) is 3. The minimum atomic E-state index is -0.120. The summed E-state index contributed by atoms with van der Waals surface area (Å²) in [5.41, 5.74) is 1.10. The number of amides is 3. The number of carbonyl (C=O) groups excluding carboxylic acids is 2. The molecule has 0 saturated heterocycles. The van der Waals surface area contributed by atoms with Gasteiger partial charge in [-0.15, -0.1) is 0 Å². The molecule has 1 aliphatic heterocycles. The van der Waals surface area contributed by atoms with Crippen molar-refractivity contribution in [2.24, 2.45) is 0 Å². The highest BCUT2D eigenvalue weighted by Gasteiger charge is 2.15. The molecule has 3 amide bonds. The van der Waals surface area contributed by atoms with Crippen molar-refractivity contribution >= 4 is 11.9 Å². The highest BCUT2D eigenvalue weighted by Crippen LogP contribution is 2.32. The quantitative estimate of drug-likeness (QED) is 0.609. The van der Waals surface area contributed by atoms with Gasteiger partial charge in [-0.3, -0.25) is 4.79 Å². The highest BCUT2D eigenvalue weighted by molar-refractivity contribution is 5.76. The maximum Gasteiger partial charge on any atom is 0.315 e. The number of fused-ring (bicyclic) bond motifs is 1. The molecule has 3 N–H and O–H groups in total. The van der Waals surface area contributed by atoms with Crippen LogP contribution in [-0.4, -0.2) is 37.9 Å². The highest BCUT2D eigenvalue weighted by atomic mass is 16.7. The van der Waals surface area contributed by atoms with Crippen LogP contribution in [0, 0.1) is 0 Å². The van der Waals surface area contributed by atoms with Crippen molar-refractivity contribution in [3.63, 3.8) is 0 Å². The summed E-state index contributed by atoms with van der Waals surface area (Å²) in [4.78, 5) is 23.7. The second-order valence-corrected chi connectivity index (χ2v) is 7.13. The van der Waals surface area contributed by atoms with Crippen LogP contribution in [-0.2, 0) is 11.2 Å². The Morgan fingerprint density at radius 1 is 1.00 bits per heavy atom. The van der Waals surface area contributed by atoms with Crippen LogP contribution in [0.1, 0.15) is 50.5 Å². The van der Waals surface area contributed by atoms with Gasteiger partial charge in [-0.25, -0.2) is 4.79 Å². The summed E-state index contributed by atoms with van der Waals surface area (Å²) in [5, 5.41) is 8.76. The smallest absolute Gasteiger partial charge is 0.315 e. The Labute approximate surface area is 160 Å². The lowest BCUT2D eigenvalue weighted by atomic mass is 9.96. The maximum absolute atomic E-state index is 11.9. The predicted octanol–water partition coefficient (Wildman–Crippen LogP) is 2.49. The zero-order chi connectivity index (χ0) is 18.9. The first kappa shape index (κ1) is 19.3. The molecule has 0 spiro atoms. The number of hydrogen-bond donors (Lipinski definition) is 3. The maximum atomic E-state index is 11.9. The van der Waals surface area contributed by atoms with Crippen molar-refractivity contribution in [2.45, 2.75) is 57.4 Å². The minimum absolute atomic E-state index is 0.00484. The van der Waals surface area contributed by atoms with E-state index in [1.807, 2.05) is 18.2 Å². The SMILES string of the molecule is O=C(CCCNC(=O)NC1CCCCC1)NCCc1ccc2c(c1)OCO2. The van der Waals surface area contributed by atoms with E-state index in [9.17, 15) is 9.59 Å². The van der Waals surface area contributed by atoms with Gasteiger partial charge in [0.15, 0.2) is 11.5 Å². The summed E-state index contributed by atoms with van der Waals surface area (Å²) < 4.78 is 10.6. The molecule has 0 aromatic heterocycles. The molecule has 1 aromatic rings. The molecule has 0 bridgehead atoms. The number of ether oxygens (including phenoxy) is 2. The van der Waals surface area contributed by atoms with Gasteiger partial charge in [-0.05, 0) is 43.4 Å². The first-order valence-corrected chi connectivity index (χ1v) is 9.90. The van der Waals surface area contributed by atoms with Crippen molar-refractivity contribution in [2.75, 3.05) is 19.9 Å². The van der Waals surface area contributed by atoms with Crippen molar-refractivity contribution in [3.8, 4) is 11.5 Å². The van der Waals surface area contributed by atoms with E-state index >= 15 is 0 Å². The average molecular weight is 375 g/mol. The molecular formula is C20H29N3O4. The first-order valence-electron chi connectivity index (χ1n) is 9.90. The van der Waals surface area contributed by atoms with Crippen molar-refractivity contribution in [3.05, 3.63) is 23.8 Å². The van der Waals surface area contributed by atoms with Gasteiger partial charge in [0.2, 0.25) is 12.7 Å². The summed E-state index contributed by atoms with van der Waals surface area (Å²) in [6.45, 7) is 1.35. The van der Waals surface area contributed by atoms with Crippen LogP contribution < -0.4 is 25.4 Å². The third-order valence-corrected chi connectivity index (χ3v) is 4.98. The van der Waals surface area contributed by atoms with Crippen LogP contribution >= 0.6 is 0 Å². The molecule has 0 radical (unpaired) electrons. The normalized spacial score (nSPS) is 16.0. The third kappa shape index (κ3) is 6.34. The summed E-state index contributed by atoms with van der Waals surface area (Å²) in [6.07, 6.45) is 7.57. The van der Waals surface area contributed by atoms with Gasteiger partial charge in [0.1, 0.15) is 0 Å². The molecular weight excluding hydrogens is 346 g/mol. The van der Waals surface area contributed by atoms with E-state index in [2.05, 4.69) is 16.0 Å². The number of benzene rings is 1. The summed E-state index contributed by atoms with van der Waals surface area (Å²) in [6, 6.07) is 6.00. The van der Waals surface area contributed by atoms with Crippen LogP contribution in [0.25, 0.3) is 0 Å². The van der Waals surface area contributed by atoms with E-state index in [1.54, 1.807) is 0 Å². The minimum Gasteiger partial charge on any atom is -0.454 e. The fraction of sp³-hybridized carbons (Fsp3) is 0.600. The van der Waals surface area contributed by atoms with Crippen LogP contribution in [0.3, 0.4) is 0 Å². The van der Waals surface area contributed by atoms with Gasteiger partial charge in [-0.2, -0.15) is 0 Å². The predicted molar refractivity (Wildman–Crippen MR) is 102 cm³/mol. The van der Waals surface area contributed by atoms with Crippen molar-refractivity contribution < 1.29 is 19.1 Å². The van der Waals surface area contributed by atoms with E-state index in [0.29, 0.717) is 32.0 Å². The fourth-order valence-corrected chi connectivity index (χ4v) is 3.47. The van der Waals surface area contributed by atoms with Gasteiger partial charge >= 0.3 is 6.03 Å². The van der Waals surface area contributed by atoms with Gasteiger partial charge in [0.05, 0.1) is 0 Å². The van der Waals surface area contributed by atoms with E-state index < -0.39 is 0 Å². The molecule has 1 aliphatic carbocycles. The largest absolute Gasteiger partial charge is 0.454 e. The molecule has 0 atom stereocenters. The molecule has 0 unspecified atom stereocenters. The summed E-state index contributed by atoms with van der Waals surface area (Å²) in [5.74, 6) is 1.53. The molecule has 1 saturated carbocycles. The zero-order valence-electron chi connectivity index (χ0n) is 15.7. The molecule has 7 nitrogen and oxygen atoms in total. The van der Waals surface area contributed by atoms with Crippen molar-refractivity contribution in [1.29, 1.82) is 0 Å². The number of hydrogen-bond acceptors (Lipinski definition) is 4.